The van der Waals surface area contributed by atoms with Gasteiger partial charge >= 0.3 is 0 Å². The number of benzene rings is 1. The maximum Gasteiger partial charge on any atom is 0.0649 e. The molecule has 1 aromatic heterocycles. The zero-order valence-corrected chi connectivity index (χ0v) is 14.4. The van der Waals surface area contributed by atoms with Gasteiger partial charge in [-0.05, 0) is 52.3 Å². The summed E-state index contributed by atoms with van der Waals surface area (Å²) in [6.45, 7) is 11.6. The minimum Gasteiger partial charge on any atom is -0.378 e. The summed E-state index contributed by atoms with van der Waals surface area (Å²) in [6, 6.07) is 6.48. The van der Waals surface area contributed by atoms with E-state index in [1.165, 1.54) is 16.8 Å². The number of anilines is 1. The lowest BCUT2D eigenvalue weighted by molar-refractivity contribution is 0.632. The highest BCUT2D eigenvalue weighted by Gasteiger charge is 2.17. The van der Waals surface area contributed by atoms with Gasteiger partial charge in [0.25, 0.3) is 0 Å². The van der Waals surface area contributed by atoms with Gasteiger partial charge in [-0.3, -0.25) is 4.68 Å². The number of hydrogen-bond acceptors (Lipinski definition) is 2. The van der Waals surface area contributed by atoms with Crippen molar-refractivity contribution >= 4 is 21.6 Å². The predicted molar refractivity (Wildman–Crippen MR) is 88.3 cm³/mol. The SMILES string of the molecule is CCn1nc(C)c(C(C)Nc2cccc(Br)c2C)c1C. The van der Waals surface area contributed by atoms with Gasteiger partial charge in [0, 0.05) is 28.0 Å². The van der Waals surface area contributed by atoms with Crippen molar-refractivity contribution in [3.05, 3.63) is 45.2 Å². The van der Waals surface area contributed by atoms with Gasteiger partial charge in [-0.1, -0.05) is 22.0 Å². The summed E-state index contributed by atoms with van der Waals surface area (Å²) in [5.74, 6) is 0. The second-order valence-corrected chi connectivity index (χ2v) is 6.03. The van der Waals surface area contributed by atoms with Crippen molar-refractivity contribution in [1.29, 1.82) is 0 Å². The zero-order chi connectivity index (χ0) is 14.9. The maximum absolute atomic E-state index is 4.60. The fourth-order valence-corrected chi connectivity index (χ4v) is 3.08. The fraction of sp³-hybridized carbons (Fsp3) is 0.438. The van der Waals surface area contributed by atoms with Crippen LogP contribution in [0, 0.1) is 20.8 Å². The molecule has 0 amide bonds. The molecule has 0 saturated carbocycles. The summed E-state index contributed by atoms with van der Waals surface area (Å²) in [7, 11) is 0. The first kappa shape index (κ1) is 15.1. The number of halogens is 1. The van der Waals surface area contributed by atoms with Crippen LogP contribution < -0.4 is 5.32 Å². The van der Waals surface area contributed by atoms with Crippen LogP contribution in [0.15, 0.2) is 22.7 Å². The van der Waals surface area contributed by atoms with Gasteiger partial charge in [0.15, 0.2) is 0 Å². The van der Waals surface area contributed by atoms with Gasteiger partial charge in [-0.2, -0.15) is 5.10 Å². The summed E-state index contributed by atoms with van der Waals surface area (Å²) in [4.78, 5) is 0. The Morgan fingerprint density at radius 3 is 2.60 bits per heavy atom. The third kappa shape index (κ3) is 2.75. The average molecular weight is 336 g/mol. The van der Waals surface area contributed by atoms with Crippen molar-refractivity contribution in [1.82, 2.24) is 9.78 Å². The molecule has 4 heteroatoms. The Balaban J connectivity index is 2.31. The minimum atomic E-state index is 0.239. The summed E-state index contributed by atoms with van der Waals surface area (Å²) in [5.41, 5.74) is 6.05. The van der Waals surface area contributed by atoms with Gasteiger partial charge in [0.1, 0.15) is 0 Å². The fourth-order valence-electron chi connectivity index (χ4n) is 2.71. The van der Waals surface area contributed by atoms with Crippen molar-refractivity contribution in [2.45, 2.75) is 47.2 Å². The molecule has 0 aliphatic rings. The third-order valence-electron chi connectivity index (χ3n) is 3.81. The standard InChI is InChI=1S/C16H22BrN3/c1-6-20-13(5)16(12(4)19-20)11(3)18-15-9-7-8-14(17)10(15)2/h7-9,11,18H,6H2,1-5H3. The average Bonchev–Trinajstić information content (AvgIpc) is 2.69. The van der Waals surface area contributed by atoms with Crippen molar-refractivity contribution in [3.8, 4) is 0 Å². The van der Waals surface area contributed by atoms with Crippen LogP contribution in [0.25, 0.3) is 0 Å². The van der Waals surface area contributed by atoms with Crippen LogP contribution in [0.3, 0.4) is 0 Å². The number of nitrogens with zero attached hydrogens (tertiary/aromatic N) is 2. The van der Waals surface area contributed by atoms with Crippen molar-refractivity contribution in [2.24, 2.45) is 0 Å². The van der Waals surface area contributed by atoms with E-state index in [1.807, 2.05) is 0 Å². The number of aromatic nitrogens is 2. The quantitative estimate of drug-likeness (QED) is 0.872. The summed E-state index contributed by atoms with van der Waals surface area (Å²) < 4.78 is 3.20. The molecule has 1 atom stereocenters. The summed E-state index contributed by atoms with van der Waals surface area (Å²) in [6.07, 6.45) is 0. The molecule has 2 aromatic rings. The number of rotatable bonds is 4. The highest BCUT2D eigenvalue weighted by molar-refractivity contribution is 9.10. The first-order valence-electron chi connectivity index (χ1n) is 7.01. The van der Waals surface area contributed by atoms with E-state index in [-0.39, 0.29) is 6.04 Å². The molecule has 2 rings (SSSR count). The molecule has 0 fully saturated rings. The number of nitrogens with one attached hydrogen (secondary N) is 1. The van der Waals surface area contributed by atoms with Crippen LogP contribution in [-0.4, -0.2) is 9.78 Å². The second kappa shape index (κ2) is 6.00. The summed E-state index contributed by atoms with van der Waals surface area (Å²) >= 11 is 3.58. The Morgan fingerprint density at radius 1 is 1.30 bits per heavy atom. The van der Waals surface area contributed by atoms with Gasteiger partial charge in [0.2, 0.25) is 0 Å². The van der Waals surface area contributed by atoms with E-state index in [0.717, 1.165) is 22.4 Å². The topological polar surface area (TPSA) is 29.9 Å². The van der Waals surface area contributed by atoms with Crippen LogP contribution in [0.1, 0.15) is 42.4 Å². The maximum atomic E-state index is 4.60. The molecule has 0 spiro atoms. The van der Waals surface area contributed by atoms with Crippen LogP contribution >= 0.6 is 15.9 Å². The molecule has 20 heavy (non-hydrogen) atoms. The Kier molecular flexibility index (Phi) is 4.53. The van der Waals surface area contributed by atoms with Gasteiger partial charge in [0.05, 0.1) is 11.7 Å². The predicted octanol–water partition coefficient (Wildman–Crippen LogP) is 4.76. The monoisotopic (exact) mass is 335 g/mol. The third-order valence-corrected chi connectivity index (χ3v) is 4.67. The molecule has 0 aliphatic heterocycles. The molecule has 0 saturated heterocycles. The Hall–Kier alpha value is -1.29. The highest BCUT2D eigenvalue weighted by Crippen LogP contribution is 2.29. The van der Waals surface area contributed by atoms with E-state index >= 15 is 0 Å². The Morgan fingerprint density at radius 2 is 2.00 bits per heavy atom. The Labute approximate surface area is 129 Å². The van der Waals surface area contributed by atoms with Crippen LogP contribution in [0.2, 0.25) is 0 Å². The molecule has 1 N–H and O–H groups in total. The molecule has 1 unspecified atom stereocenters. The van der Waals surface area contributed by atoms with Gasteiger partial charge < -0.3 is 5.32 Å². The molecular formula is C16H22BrN3. The second-order valence-electron chi connectivity index (χ2n) is 5.18. The minimum absolute atomic E-state index is 0.239. The number of aryl methyl sites for hydroxylation is 2. The van der Waals surface area contributed by atoms with Crippen molar-refractivity contribution in [3.63, 3.8) is 0 Å². The molecule has 0 aliphatic carbocycles. The van der Waals surface area contributed by atoms with Crippen molar-refractivity contribution < 1.29 is 0 Å². The first-order chi connectivity index (χ1) is 9.45. The lowest BCUT2D eigenvalue weighted by Gasteiger charge is -2.18. The largest absolute Gasteiger partial charge is 0.378 e. The van der Waals surface area contributed by atoms with E-state index in [2.05, 4.69) is 83.8 Å². The molecule has 1 heterocycles. The van der Waals surface area contributed by atoms with Crippen LogP contribution in [-0.2, 0) is 6.54 Å². The Bertz CT molecular complexity index is 616. The molecular weight excluding hydrogens is 314 g/mol. The highest BCUT2D eigenvalue weighted by atomic mass is 79.9. The van der Waals surface area contributed by atoms with Gasteiger partial charge in [-0.25, -0.2) is 0 Å². The van der Waals surface area contributed by atoms with E-state index in [9.17, 15) is 0 Å². The van der Waals surface area contributed by atoms with Crippen LogP contribution in [0.4, 0.5) is 5.69 Å². The molecule has 0 bridgehead atoms. The molecule has 1 aromatic carbocycles. The van der Waals surface area contributed by atoms with Crippen LogP contribution in [0.5, 0.6) is 0 Å². The molecule has 0 radical (unpaired) electrons. The lowest BCUT2D eigenvalue weighted by Crippen LogP contribution is -2.10. The molecule has 108 valence electrons. The first-order valence-corrected chi connectivity index (χ1v) is 7.80. The van der Waals surface area contributed by atoms with E-state index in [4.69, 9.17) is 0 Å². The summed E-state index contributed by atoms with van der Waals surface area (Å²) in [5, 5.41) is 8.20. The zero-order valence-electron chi connectivity index (χ0n) is 12.8. The number of hydrogen-bond donors (Lipinski definition) is 1. The normalized spacial score (nSPS) is 12.5. The van der Waals surface area contributed by atoms with Crippen molar-refractivity contribution in [2.75, 3.05) is 5.32 Å². The molecule has 3 nitrogen and oxygen atoms in total. The lowest BCUT2D eigenvalue weighted by atomic mass is 10.1. The van der Waals surface area contributed by atoms with Gasteiger partial charge in [-0.15, -0.1) is 0 Å². The smallest absolute Gasteiger partial charge is 0.0649 e. The van der Waals surface area contributed by atoms with E-state index < -0.39 is 0 Å². The van der Waals surface area contributed by atoms with E-state index in [0.29, 0.717) is 0 Å². The van der Waals surface area contributed by atoms with E-state index in [1.54, 1.807) is 0 Å².